The monoisotopic (exact) mass is 418 g/mol. The van der Waals surface area contributed by atoms with E-state index in [0.29, 0.717) is 31.9 Å². The fourth-order valence-electron chi connectivity index (χ4n) is 3.99. The third-order valence-corrected chi connectivity index (χ3v) is 5.57. The Morgan fingerprint density at radius 2 is 1.81 bits per heavy atom. The summed E-state index contributed by atoms with van der Waals surface area (Å²) in [6, 6.07) is 14.5. The number of halogens is 1. The van der Waals surface area contributed by atoms with E-state index >= 15 is 0 Å². The number of aromatic carboxylic acids is 1. The number of pyridine rings is 2. The number of benzene rings is 2. The van der Waals surface area contributed by atoms with Crippen molar-refractivity contribution < 1.29 is 14.3 Å². The first-order chi connectivity index (χ1) is 15.0. The Bertz CT molecular complexity index is 1390. The highest BCUT2D eigenvalue weighted by Gasteiger charge is 2.22. The lowest BCUT2D eigenvalue weighted by molar-refractivity contribution is 0.0695. The molecule has 31 heavy (non-hydrogen) atoms. The van der Waals surface area contributed by atoms with Gasteiger partial charge in [-0.1, -0.05) is 30.3 Å². The van der Waals surface area contributed by atoms with Gasteiger partial charge in [-0.3, -0.25) is 4.79 Å². The van der Waals surface area contributed by atoms with Crippen LogP contribution in [0.5, 0.6) is 0 Å². The molecule has 8 heteroatoms. The number of aromatic nitrogens is 2. The summed E-state index contributed by atoms with van der Waals surface area (Å²) < 4.78 is 16.5. The normalized spacial score (nSPS) is 14.3. The molecule has 2 N–H and O–H groups in total. The van der Waals surface area contributed by atoms with E-state index in [1.807, 2.05) is 47.4 Å². The van der Waals surface area contributed by atoms with Crippen LogP contribution in [0.15, 0.2) is 59.5 Å². The molecule has 2 aromatic heterocycles. The molecule has 156 valence electrons. The SMILES string of the molecule is O=C(O)c1cn(-c2ccc3ccccc3c2)c2nc(N3CCNCC3)c(F)cc2c1=O. The maximum Gasteiger partial charge on any atom is 0.341 e. The smallest absolute Gasteiger partial charge is 0.341 e. The minimum Gasteiger partial charge on any atom is -0.477 e. The van der Waals surface area contributed by atoms with Crippen molar-refractivity contribution in [3.05, 3.63) is 76.3 Å². The topological polar surface area (TPSA) is 87.5 Å². The van der Waals surface area contributed by atoms with Crippen molar-refractivity contribution in [3.63, 3.8) is 0 Å². The fraction of sp³-hybridized carbons (Fsp3) is 0.174. The first-order valence-electron chi connectivity index (χ1n) is 9.97. The van der Waals surface area contributed by atoms with Gasteiger partial charge in [0.1, 0.15) is 5.56 Å². The summed E-state index contributed by atoms with van der Waals surface area (Å²) in [6.45, 7) is 2.58. The van der Waals surface area contributed by atoms with Crippen molar-refractivity contribution in [3.8, 4) is 5.69 Å². The molecule has 3 heterocycles. The molecule has 2 aromatic carbocycles. The first-order valence-corrected chi connectivity index (χ1v) is 9.97. The van der Waals surface area contributed by atoms with Gasteiger partial charge in [-0.15, -0.1) is 0 Å². The average molecular weight is 418 g/mol. The number of carbonyl (C=O) groups is 1. The fourth-order valence-corrected chi connectivity index (χ4v) is 3.99. The number of carboxylic acids is 1. The first kappa shape index (κ1) is 19.2. The molecule has 1 aliphatic rings. The van der Waals surface area contributed by atoms with Gasteiger partial charge in [0.2, 0.25) is 5.43 Å². The van der Waals surface area contributed by atoms with Crippen LogP contribution in [0.2, 0.25) is 0 Å². The van der Waals surface area contributed by atoms with Crippen LogP contribution in [-0.4, -0.2) is 46.8 Å². The quantitative estimate of drug-likeness (QED) is 0.532. The number of fused-ring (bicyclic) bond motifs is 2. The van der Waals surface area contributed by atoms with Crippen molar-refractivity contribution in [1.29, 1.82) is 0 Å². The minimum atomic E-state index is -1.37. The van der Waals surface area contributed by atoms with Crippen LogP contribution in [-0.2, 0) is 0 Å². The Morgan fingerprint density at radius 3 is 2.55 bits per heavy atom. The van der Waals surface area contributed by atoms with Gasteiger partial charge in [0, 0.05) is 38.1 Å². The number of nitrogens with zero attached hydrogens (tertiary/aromatic N) is 3. The minimum absolute atomic E-state index is 0.0653. The van der Waals surface area contributed by atoms with Crippen molar-refractivity contribution in [2.75, 3.05) is 31.1 Å². The lowest BCUT2D eigenvalue weighted by Gasteiger charge is -2.29. The van der Waals surface area contributed by atoms with Crippen molar-refractivity contribution in [2.24, 2.45) is 0 Å². The molecule has 5 rings (SSSR count). The van der Waals surface area contributed by atoms with Crippen LogP contribution in [0, 0.1) is 5.82 Å². The van der Waals surface area contributed by atoms with Crippen LogP contribution in [0.4, 0.5) is 10.2 Å². The largest absolute Gasteiger partial charge is 0.477 e. The standard InChI is InChI=1S/C23H19FN4O3/c24-19-12-17-20(29)18(23(30)31)13-28(16-6-5-14-3-1-2-4-15(14)11-16)21(17)26-22(19)27-9-7-25-8-10-27/h1-6,11-13,25H,7-10H2,(H,30,31). The molecule has 0 atom stereocenters. The number of carboxylic acid groups (broad SMARTS) is 1. The second-order valence-corrected chi connectivity index (χ2v) is 7.48. The predicted octanol–water partition coefficient (Wildman–Crippen LogP) is 2.79. The Morgan fingerprint density at radius 1 is 1.06 bits per heavy atom. The molecule has 0 radical (unpaired) electrons. The Labute approximate surface area is 176 Å². The highest BCUT2D eigenvalue weighted by atomic mass is 19.1. The van der Waals surface area contributed by atoms with Gasteiger partial charge in [0.15, 0.2) is 17.3 Å². The number of hydrogen-bond acceptors (Lipinski definition) is 5. The highest BCUT2D eigenvalue weighted by Crippen LogP contribution is 2.25. The number of hydrogen-bond donors (Lipinski definition) is 2. The Kier molecular flexibility index (Phi) is 4.63. The second kappa shape index (κ2) is 7.48. The van der Waals surface area contributed by atoms with Gasteiger partial charge in [-0.05, 0) is 29.0 Å². The van der Waals surface area contributed by atoms with Gasteiger partial charge < -0.3 is 19.9 Å². The predicted molar refractivity (Wildman–Crippen MR) is 117 cm³/mol. The van der Waals surface area contributed by atoms with Gasteiger partial charge in [-0.2, -0.15) is 0 Å². The van der Waals surface area contributed by atoms with E-state index in [9.17, 15) is 19.1 Å². The molecule has 0 aliphatic carbocycles. The molecular formula is C23H19FN4O3. The van der Waals surface area contributed by atoms with E-state index in [1.165, 1.54) is 6.20 Å². The van der Waals surface area contributed by atoms with E-state index in [0.717, 1.165) is 16.8 Å². The number of anilines is 1. The molecule has 0 spiro atoms. The summed E-state index contributed by atoms with van der Waals surface area (Å²) >= 11 is 0. The summed E-state index contributed by atoms with van der Waals surface area (Å²) in [5.41, 5.74) is -0.327. The molecule has 0 bridgehead atoms. The zero-order valence-electron chi connectivity index (χ0n) is 16.5. The molecule has 0 unspecified atom stereocenters. The van der Waals surface area contributed by atoms with Crippen LogP contribution in [0.3, 0.4) is 0 Å². The Hall–Kier alpha value is -3.78. The summed E-state index contributed by atoms with van der Waals surface area (Å²) in [5.74, 6) is -1.85. The second-order valence-electron chi connectivity index (χ2n) is 7.48. The third-order valence-electron chi connectivity index (χ3n) is 5.57. The molecule has 4 aromatic rings. The van der Waals surface area contributed by atoms with Gasteiger partial charge in [0.05, 0.1) is 5.39 Å². The molecule has 0 amide bonds. The summed E-state index contributed by atoms with van der Waals surface area (Å²) in [7, 11) is 0. The lowest BCUT2D eigenvalue weighted by Crippen LogP contribution is -2.44. The van der Waals surface area contributed by atoms with E-state index in [4.69, 9.17) is 0 Å². The average Bonchev–Trinajstić information content (AvgIpc) is 2.79. The van der Waals surface area contributed by atoms with Crippen LogP contribution < -0.4 is 15.6 Å². The maximum absolute atomic E-state index is 14.9. The van der Waals surface area contributed by atoms with E-state index < -0.39 is 22.8 Å². The van der Waals surface area contributed by atoms with Crippen LogP contribution in [0.1, 0.15) is 10.4 Å². The number of piperazine rings is 1. The maximum atomic E-state index is 14.9. The van der Waals surface area contributed by atoms with E-state index in [2.05, 4.69) is 10.3 Å². The number of rotatable bonds is 3. The van der Waals surface area contributed by atoms with E-state index in [-0.39, 0.29) is 16.9 Å². The van der Waals surface area contributed by atoms with Crippen molar-refractivity contribution >= 4 is 33.6 Å². The molecule has 1 fully saturated rings. The Balaban J connectivity index is 1.80. The molecule has 1 saturated heterocycles. The highest BCUT2D eigenvalue weighted by molar-refractivity contribution is 5.93. The van der Waals surface area contributed by atoms with Gasteiger partial charge in [0.25, 0.3) is 0 Å². The summed E-state index contributed by atoms with van der Waals surface area (Å²) in [4.78, 5) is 30.8. The zero-order valence-corrected chi connectivity index (χ0v) is 16.5. The summed E-state index contributed by atoms with van der Waals surface area (Å²) in [5, 5.41) is 14.7. The van der Waals surface area contributed by atoms with Crippen LogP contribution in [0.25, 0.3) is 27.5 Å². The van der Waals surface area contributed by atoms with Gasteiger partial charge in [-0.25, -0.2) is 14.2 Å². The summed E-state index contributed by atoms with van der Waals surface area (Å²) in [6.07, 6.45) is 1.27. The zero-order chi connectivity index (χ0) is 21.5. The molecule has 1 aliphatic heterocycles. The molecular weight excluding hydrogens is 399 g/mol. The number of nitrogens with one attached hydrogen (secondary N) is 1. The third kappa shape index (κ3) is 3.30. The lowest BCUT2D eigenvalue weighted by atomic mass is 10.1. The van der Waals surface area contributed by atoms with E-state index in [1.54, 1.807) is 4.57 Å². The molecule has 7 nitrogen and oxygen atoms in total. The van der Waals surface area contributed by atoms with Crippen LogP contribution >= 0.6 is 0 Å². The van der Waals surface area contributed by atoms with Gasteiger partial charge >= 0.3 is 5.97 Å². The van der Waals surface area contributed by atoms with Crippen molar-refractivity contribution in [2.45, 2.75) is 0 Å². The molecule has 0 saturated carbocycles. The van der Waals surface area contributed by atoms with Crippen molar-refractivity contribution in [1.82, 2.24) is 14.9 Å².